The second-order valence-corrected chi connectivity index (χ2v) is 13.4. The van der Waals surface area contributed by atoms with E-state index in [4.69, 9.17) is 14.2 Å². The zero-order valence-electron chi connectivity index (χ0n) is 28.8. The number of nitrogens with zero attached hydrogens (tertiary/aromatic N) is 2. The van der Waals surface area contributed by atoms with Crippen LogP contribution >= 0.6 is 22.6 Å². The molecule has 0 bridgehead atoms. The molecule has 0 saturated heterocycles. The molecular weight excluding hydrogens is 763 g/mol. The molecule has 11 heteroatoms. The van der Waals surface area contributed by atoms with Crippen LogP contribution in [-0.4, -0.2) is 66.1 Å². The summed E-state index contributed by atoms with van der Waals surface area (Å²) in [5.74, 6) is 0.682. The number of carbonyl (C=O) groups is 4. The number of fused-ring (bicyclic) bond motifs is 2. The minimum Gasteiger partial charge on any atom is -0.469 e. The summed E-state index contributed by atoms with van der Waals surface area (Å²) in [5, 5.41) is 1.74. The van der Waals surface area contributed by atoms with Gasteiger partial charge in [0.1, 0.15) is 0 Å². The number of esters is 2. The van der Waals surface area contributed by atoms with Gasteiger partial charge < -0.3 is 18.9 Å². The highest BCUT2D eigenvalue weighted by molar-refractivity contribution is 14.1. The third kappa shape index (κ3) is 11.1. The van der Waals surface area contributed by atoms with Crippen LogP contribution in [0.15, 0.2) is 60.9 Å². The van der Waals surface area contributed by atoms with Gasteiger partial charge in [0.05, 0.1) is 51.8 Å². The van der Waals surface area contributed by atoms with Crippen molar-refractivity contribution in [1.82, 2.24) is 9.13 Å². The van der Waals surface area contributed by atoms with Crippen LogP contribution in [-0.2, 0) is 35.0 Å². The Kier molecular flexibility index (Phi) is 18.2. The molecule has 10 nitrogen and oxygen atoms in total. The van der Waals surface area contributed by atoms with Crippen molar-refractivity contribution >= 4 is 68.5 Å². The predicted molar refractivity (Wildman–Crippen MR) is 211 cm³/mol. The lowest BCUT2D eigenvalue weighted by Gasteiger charge is -2.18. The van der Waals surface area contributed by atoms with Crippen molar-refractivity contribution in [2.45, 2.75) is 85.0 Å². The highest BCUT2D eigenvalue weighted by atomic mass is 127. The highest BCUT2D eigenvalue weighted by Crippen LogP contribution is 2.38. The van der Waals surface area contributed by atoms with Crippen LogP contribution in [0.1, 0.15) is 89.7 Å². The summed E-state index contributed by atoms with van der Waals surface area (Å²) in [4.78, 5) is 47.5. The average molecular weight is 819 g/mol. The molecule has 2 heterocycles. The Morgan fingerprint density at radius 3 is 1.67 bits per heavy atom. The Morgan fingerprint density at radius 2 is 1.18 bits per heavy atom. The third-order valence-corrected chi connectivity index (χ3v) is 10.7. The predicted octanol–water partition coefficient (Wildman–Crippen LogP) is 9.95. The lowest BCUT2D eigenvalue weighted by Crippen LogP contribution is -2.17. The summed E-state index contributed by atoms with van der Waals surface area (Å²) in [6.45, 7) is 0. The van der Waals surface area contributed by atoms with E-state index in [0.29, 0.717) is 11.4 Å². The number of aromatic nitrogens is 2. The van der Waals surface area contributed by atoms with Crippen LogP contribution in [0.2, 0.25) is 0 Å². The fraction of sp³-hybridized carbons (Fsp3) is 0.500. The Bertz CT molecular complexity index is 1720. The molecule has 280 valence electrons. The maximum Gasteiger partial charge on any atom is 0.418 e. The average Bonchev–Trinajstić information content (AvgIpc) is 3.97. The number of carbonyl (C=O) groups excluding carboxylic acids is 4. The number of halogens is 1. The second kappa shape index (κ2) is 21.5. The molecule has 0 amide bonds. The molecule has 0 aliphatic heterocycles. The van der Waals surface area contributed by atoms with Gasteiger partial charge in [-0.3, -0.25) is 18.7 Å². The zero-order chi connectivity index (χ0) is 35.3. The minimum atomic E-state index is -0.484. The second-order valence-electron chi connectivity index (χ2n) is 12.5. The standard InChI is InChI=1S/C19H23NO4.C13H13NO4.C6H11I.2CH4/c1-23-18(21)15(11-13-7-3-4-8-13)16-12-20(19(22)24-2)17-10-6-5-9-14(16)17;1-17-12(15)7-9-8-14(13(16)18-2)11-6-4-3-5-10(9)11;7-5-6-3-1-2-4-6;;/h5-6,9-10,12-13,15H,3-4,7-8,11H2,1-2H3;3-6,8H,7H2,1-2H3;6H,1-5H2;2*1H4. The smallest absolute Gasteiger partial charge is 0.418 e. The van der Waals surface area contributed by atoms with Gasteiger partial charge in [-0.1, -0.05) is 112 Å². The molecular formula is C40H55IN2O8. The van der Waals surface area contributed by atoms with E-state index in [1.165, 1.54) is 80.5 Å². The van der Waals surface area contributed by atoms with Crippen LogP contribution in [0, 0.1) is 11.8 Å². The molecule has 2 aromatic heterocycles. The van der Waals surface area contributed by atoms with Gasteiger partial charge in [0.2, 0.25) is 0 Å². The maximum absolute atomic E-state index is 12.4. The Hall–Kier alpha value is -3.87. The number of hydrogen-bond donors (Lipinski definition) is 0. The van der Waals surface area contributed by atoms with Crippen LogP contribution in [0.25, 0.3) is 21.8 Å². The van der Waals surface area contributed by atoms with Crippen molar-refractivity contribution in [3.63, 3.8) is 0 Å². The summed E-state index contributed by atoms with van der Waals surface area (Å²) in [6.07, 6.45) is 14.0. The van der Waals surface area contributed by atoms with E-state index in [1.807, 2.05) is 42.5 Å². The summed E-state index contributed by atoms with van der Waals surface area (Å²) >= 11 is 2.49. The first kappa shape index (κ1) is 43.3. The highest BCUT2D eigenvalue weighted by Gasteiger charge is 2.30. The Morgan fingerprint density at radius 1 is 0.686 bits per heavy atom. The van der Waals surface area contributed by atoms with Crippen LogP contribution in [0.5, 0.6) is 0 Å². The first-order valence-electron chi connectivity index (χ1n) is 16.8. The number of benzene rings is 2. The van der Waals surface area contributed by atoms with Crippen molar-refractivity contribution in [2.24, 2.45) is 11.8 Å². The van der Waals surface area contributed by atoms with E-state index in [-0.39, 0.29) is 39.1 Å². The SMILES string of the molecule is C.C.COC(=O)C(CC1CCCC1)c1cn(C(=O)OC)c2ccccc12.COC(=O)Cc1cn(C(=O)OC)c2ccccc12.ICC1CCCC1. The first-order chi connectivity index (χ1) is 23.8. The molecule has 2 aliphatic rings. The number of para-hydroxylation sites is 2. The topological polar surface area (TPSA) is 115 Å². The number of ether oxygens (including phenoxy) is 4. The zero-order valence-corrected chi connectivity index (χ0v) is 31.0. The van der Waals surface area contributed by atoms with E-state index in [1.54, 1.807) is 18.5 Å². The van der Waals surface area contributed by atoms with Gasteiger partial charge in [-0.2, -0.15) is 0 Å². The quantitative estimate of drug-likeness (QED) is 0.0784. The summed E-state index contributed by atoms with van der Waals surface area (Å²) in [5.41, 5.74) is 3.04. The molecule has 2 aromatic carbocycles. The normalized spacial score (nSPS) is 14.5. The lowest BCUT2D eigenvalue weighted by atomic mass is 9.88. The van der Waals surface area contributed by atoms with E-state index < -0.39 is 12.2 Å². The Labute approximate surface area is 316 Å². The Balaban J connectivity index is 0.000000294. The molecule has 2 saturated carbocycles. The maximum atomic E-state index is 12.4. The number of methoxy groups -OCH3 is 4. The van der Waals surface area contributed by atoms with Crippen LogP contribution in [0.3, 0.4) is 0 Å². The molecule has 51 heavy (non-hydrogen) atoms. The largest absolute Gasteiger partial charge is 0.469 e. The van der Waals surface area contributed by atoms with Crippen LogP contribution in [0.4, 0.5) is 9.59 Å². The summed E-state index contributed by atoms with van der Waals surface area (Å²) in [7, 11) is 5.43. The van der Waals surface area contributed by atoms with Crippen molar-refractivity contribution in [3.05, 3.63) is 72.1 Å². The van der Waals surface area contributed by atoms with Gasteiger partial charge in [-0.15, -0.1) is 0 Å². The molecule has 2 fully saturated rings. The lowest BCUT2D eigenvalue weighted by molar-refractivity contribution is -0.143. The molecule has 0 spiro atoms. The molecule has 1 atom stereocenters. The summed E-state index contributed by atoms with van der Waals surface area (Å²) < 4.78 is 23.5. The van der Waals surface area contributed by atoms with Gasteiger partial charge in [0.25, 0.3) is 0 Å². The monoisotopic (exact) mass is 818 g/mol. The molecule has 1 unspecified atom stereocenters. The number of hydrogen-bond acceptors (Lipinski definition) is 8. The minimum absolute atomic E-state index is 0. The van der Waals surface area contributed by atoms with Crippen LogP contribution < -0.4 is 0 Å². The van der Waals surface area contributed by atoms with Crippen molar-refractivity contribution in [1.29, 1.82) is 0 Å². The van der Waals surface area contributed by atoms with Gasteiger partial charge >= 0.3 is 24.1 Å². The van der Waals surface area contributed by atoms with E-state index >= 15 is 0 Å². The van der Waals surface area contributed by atoms with Gasteiger partial charge in [0.15, 0.2) is 0 Å². The van der Waals surface area contributed by atoms with E-state index in [9.17, 15) is 19.2 Å². The van der Waals surface area contributed by atoms with Crippen molar-refractivity contribution in [2.75, 3.05) is 32.9 Å². The first-order valence-corrected chi connectivity index (χ1v) is 18.3. The fourth-order valence-electron chi connectivity index (χ4n) is 6.84. The number of alkyl halides is 1. The molecule has 2 aliphatic carbocycles. The molecule has 4 aromatic rings. The third-order valence-electron chi connectivity index (χ3n) is 9.44. The van der Waals surface area contributed by atoms with Gasteiger partial charge in [-0.25, -0.2) is 9.59 Å². The fourth-order valence-corrected chi connectivity index (χ4v) is 7.72. The van der Waals surface area contributed by atoms with Gasteiger partial charge in [0, 0.05) is 27.6 Å². The molecule has 0 radical (unpaired) electrons. The van der Waals surface area contributed by atoms with E-state index in [2.05, 4.69) is 27.3 Å². The number of rotatable bonds is 7. The molecule has 6 rings (SSSR count). The van der Waals surface area contributed by atoms with Crippen molar-refractivity contribution < 1.29 is 38.1 Å². The molecule has 0 N–H and O–H groups in total. The van der Waals surface area contributed by atoms with Crippen molar-refractivity contribution in [3.8, 4) is 0 Å². The van der Waals surface area contributed by atoms with E-state index in [0.717, 1.165) is 52.6 Å². The van der Waals surface area contributed by atoms with Gasteiger partial charge in [-0.05, 0) is 54.4 Å². The summed E-state index contributed by atoms with van der Waals surface area (Å²) in [6, 6.07) is 14.9.